The van der Waals surface area contributed by atoms with E-state index in [1.807, 2.05) is 6.92 Å². The summed E-state index contributed by atoms with van der Waals surface area (Å²) in [7, 11) is 0. The molecule has 0 amide bonds. The molecule has 0 unspecified atom stereocenters. The van der Waals surface area contributed by atoms with Crippen LogP contribution in [0.25, 0.3) is 0 Å². The van der Waals surface area contributed by atoms with Gasteiger partial charge in [0.2, 0.25) is 0 Å². The molecule has 1 aliphatic carbocycles. The van der Waals surface area contributed by atoms with Crippen LogP contribution >= 0.6 is 0 Å². The lowest BCUT2D eigenvalue weighted by Gasteiger charge is -2.27. The molecule has 1 rings (SSSR count). The molecule has 2 heteroatoms. The summed E-state index contributed by atoms with van der Waals surface area (Å²) < 4.78 is 5.66. The summed E-state index contributed by atoms with van der Waals surface area (Å²) in [6.45, 7) is 7.39. The van der Waals surface area contributed by atoms with Crippen LogP contribution in [0.5, 0.6) is 0 Å². The van der Waals surface area contributed by atoms with Gasteiger partial charge in [-0.2, -0.15) is 0 Å². The van der Waals surface area contributed by atoms with Crippen molar-refractivity contribution in [1.82, 2.24) is 0 Å². The first-order valence-electron chi connectivity index (χ1n) is 6.13. The number of nitrogens with two attached hydrogens (primary N) is 1. The third-order valence-electron chi connectivity index (χ3n) is 3.16. The molecule has 0 atom stereocenters. The molecule has 0 radical (unpaired) electrons. The first kappa shape index (κ1) is 12.7. The number of hydrogen-bond donors (Lipinski definition) is 1. The summed E-state index contributed by atoms with van der Waals surface area (Å²) in [5, 5.41) is 0. The Morgan fingerprint density at radius 1 is 1.27 bits per heavy atom. The molecule has 0 bridgehead atoms. The fourth-order valence-corrected chi connectivity index (χ4v) is 2.10. The highest BCUT2D eigenvalue weighted by molar-refractivity contribution is 4.88. The minimum absolute atomic E-state index is 0.0500. The minimum Gasteiger partial charge on any atom is -0.379 e. The quantitative estimate of drug-likeness (QED) is 0.431. The Bertz CT molecular complexity index is 193. The minimum atomic E-state index is -0.0500. The van der Waals surface area contributed by atoms with Crippen molar-refractivity contribution in [3.8, 4) is 0 Å². The second-order valence-electron chi connectivity index (χ2n) is 5.04. The second-order valence-corrected chi connectivity index (χ2v) is 5.04. The van der Waals surface area contributed by atoms with Crippen molar-refractivity contribution in [2.75, 3.05) is 13.2 Å². The molecule has 0 saturated heterocycles. The maximum atomic E-state index is 6.33. The molecule has 1 fully saturated rings. The number of ether oxygens (including phenoxy) is 1. The highest BCUT2D eigenvalue weighted by Gasteiger charge is 2.26. The number of rotatable bonds is 5. The Balaban J connectivity index is 2.19. The molecule has 1 aliphatic rings. The highest BCUT2D eigenvalue weighted by atomic mass is 16.5. The summed E-state index contributed by atoms with van der Waals surface area (Å²) in [6.07, 6.45) is 8.41. The molecule has 2 N–H and O–H groups in total. The van der Waals surface area contributed by atoms with Crippen molar-refractivity contribution in [2.24, 2.45) is 5.73 Å². The van der Waals surface area contributed by atoms with Gasteiger partial charge in [0.15, 0.2) is 0 Å². The van der Waals surface area contributed by atoms with Crippen LogP contribution in [0.3, 0.4) is 0 Å². The van der Waals surface area contributed by atoms with Gasteiger partial charge in [-0.15, -0.1) is 6.58 Å². The molecule has 1 saturated carbocycles. The van der Waals surface area contributed by atoms with Crippen molar-refractivity contribution in [3.05, 3.63) is 12.2 Å². The van der Waals surface area contributed by atoms with Crippen LogP contribution in [-0.4, -0.2) is 18.8 Å². The third kappa shape index (κ3) is 5.33. The Hall–Kier alpha value is -0.340. The van der Waals surface area contributed by atoms with Crippen LogP contribution in [-0.2, 0) is 4.74 Å². The first-order valence-corrected chi connectivity index (χ1v) is 6.13. The van der Waals surface area contributed by atoms with E-state index in [9.17, 15) is 0 Å². The zero-order valence-electron chi connectivity index (χ0n) is 10.1. The number of hydrogen-bond acceptors (Lipinski definition) is 2. The Kier molecular flexibility index (Phi) is 5.34. The maximum absolute atomic E-state index is 6.33. The van der Waals surface area contributed by atoms with Gasteiger partial charge in [0.25, 0.3) is 0 Å². The van der Waals surface area contributed by atoms with Gasteiger partial charge in [-0.1, -0.05) is 31.3 Å². The largest absolute Gasteiger partial charge is 0.379 e. The van der Waals surface area contributed by atoms with Crippen molar-refractivity contribution >= 4 is 0 Å². The van der Waals surface area contributed by atoms with Gasteiger partial charge in [-0.25, -0.2) is 0 Å². The van der Waals surface area contributed by atoms with Crippen molar-refractivity contribution in [3.63, 3.8) is 0 Å². The smallest absolute Gasteiger partial charge is 0.0646 e. The molecular formula is C13H25NO. The summed E-state index contributed by atoms with van der Waals surface area (Å²) in [6, 6.07) is 0. The van der Waals surface area contributed by atoms with Gasteiger partial charge in [-0.3, -0.25) is 0 Å². The van der Waals surface area contributed by atoms with Crippen molar-refractivity contribution in [1.29, 1.82) is 0 Å². The van der Waals surface area contributed by atoms with Crippen LogP contribution in [0.2, 0.25) is 0 Å². The molecule has 0 aromatic rings. The normalized spacial score (nSPS) is 20.9. The van der Waals surface area contributed by atoms with E-state index in [0.717, 1.165) is 32.5 Å². The van der Waals surface area contributed by atoms with E-state index in [0.29, 0.717) is 0 Å². The van der Waals surface area contributed by atoms with Gasteiger partial charge < -0.3 is 10.5 Å². The Morgan fingerprint density at radius 2 is 1.87 bits per heavy atom. The van der Waals surface area contributed by atoms with Gasteiger partial charge in [0, 0.05) is 5.54 Å². The van der Waals surface area contributed by atoms with Gasteiger partial charge in [0.05, 0.1) is 13.2 Å². The maximum Gasteiger partial charge on any atom is 0.0646 e. The molecule has 0 spiro atoms. The molecule has 0 heterocycles. The predicted molar refractivity (Wildman–Crippen MR) is 64.9 cm³/mol. The van der Waals surface area contributed by atoms with E-state index in [-0.39, 0.29) is 5.54 Å². The van der Waals surface area contributed by atoms with Crippen LogP contribution < -0.4 is 5.73 Å². The topological polar surface area (TPSA) is 35.2 Å². The summed E-state index contributed by atoms with van der Waals surface area (Å²) in [4.78, 5) is 0. The predicted octanol–water partition coefficient (Wildman–Crippen LogP) is 3.02. The Morgan fingerprint density at radius 3 is 2.40 bits per heavy atom. The summed E-state index contributed by atoms with van der Waals surface area (Å²) >= 11 is 0. The molecule has 2 nitrogen and oxygen atoms in total. The molecule has 0 aliphatic heterocycles. The summed E-state index contributed by atoms with van der Waals surface area (Å²) in [5.41, 5.74) is 7.46. The third-order valence-corrected chi connectivity index (χ3v) is 3.16. The van der Waals surface area contributed by atoms with E-state index < -0.39 is 0 Å². The summed E-state index contributed by atoms with van der Waals surface area (Å²) in [5.74, 6) is 0. The van der Waals surface area contributed by atoms with Crippen molar-refractivity contribution in [2.45, 2.75) is 57.4 Å². The van der Waals surface area contributed by atoms with Crippen molar-refractivity contribution < 1.29 is 4.74 Å². The van der Waals surface area contributed by atoms with Gasteiger partial charge >= 0.3 is 0 Å². The van der Waals surface area contributed by atoms with E-state index in [2.05, 4.69) is 6.58 Å². The first-order chi connectivity index (χ1) is 7.12. The molecule has 0 aromatic heterocycles. The lowest BCUT2D eigenvalue weighted by atomic mass is 9.93. The van der Waals surface area contributed by atoms with E-state index in [4.69, 9.17) is 10.5 Å². The average Bonchev–Trinajstić information content (AvgIpc) is 2.38. The fraction of sp³-hybridized carbons (Fsp3) is 0.846. The van der Waals surface area contributed by atoms with E-state index >= 15 is 0 Å². The highest BCUT2D eigenvalue weighted by Crippen LogP contribution is 2.25. The zero-order valence-corrected chi connectivity index (χ0v) is 10.1. The standard InChI is InChI=1S/C13H25NO/c1-12(2)7-10-15-11-13(14)8-5-3-4-6-9-13/h1,3-11,14H2,2H3. The van der Waals surface area contributed by atoms with Crippen LogP contribution in [0.4, 0.5) is 0 Å². The zero-order chi connectivity index (χ0) is 11.1. The fourth-order valence-electron chi connectivity index (χ4n) is 2.10. The molecular weight excluding hydrogens is 186 g/mol. The SMILES string of the molecule is C=C(C)CCOCC1(N)CCCCCC1. The monoisotopic (exact) mass is 211 g/mol. The van der Waals surface area contributed by atoms with Gasteiger partial charge in [-0.05, 0) is 26.2 Å². The van der Waals surface area contributed by atoms with Crippen LogP contribution in [0, 0.1) is 0 Å². The van der Waals surface area contributed by atoms with Gasteiger partial charge in [0.1, 0.15) is 0 Å². The van der Waals surface area contributed by atoms with Crippen LogP contribution in [0.15, 0.2) is 12.2 Å². The average molecular weight is 211 g/mol. The molecule has 15 heavy (non-hydrogen) atoms. The Labute approximate surface area is 93.9 Å². The molecule has 0 aromatic carbocycles. The lowest BCUT2D eigenvalue weighted by molar-refractivity contribution is 0.0800. The van der Waals surface area contributed by atoms with Crippen LogP contribution in [0.1, 0.15) is 51.9 Å². The molecule has 88 valence electrons. The van der Waals surface area contributed by atoms with E-state index in [1.54, 1.807) is 0 Å². The van der Waals surface area contributed by atoms with E-state index in [1.165, 1.54) is 31.3 Å². The lowest BCUT2D eigenvalue weighted by Crippen LogP contribution is -2.44. The second kappa shape index (κ2) is 6.29.